The van der Waals surface area contributed by atoms with Crippen LogP contribution < -0.4 is 10.5 Å². The van der Waals surface area contributed by atoms with E-state index in [-0.39, 0.29) is 30.8 Å². The van der Waals surface area contributed by atoms with Gasteiger partial charge in [0.15, 0.2) is 11.6 Å². The average Bonchev–Trinajstić information content (AvgIpc) is 3.63. The fraction of sp³-hybridized carbons (Fsp3) is 0.167. The fourth-order valence-electron chi connectivity index (χ4n) is 5.71. The Morgan fingerprint density at radius 3 is 2.27 bits per heavy atom. The molecule has 0 bridgehead atoms. The van der Waals surface area contributed by atoms with Crippen molar-refractivity contribution in [3.8, 4) is 5.69 Å². The summed E-state index contributed by atoms with van der Waals surface area (Å²) in [6.45, 7) is 1.16. The smallest absolute Gasteiger partial charge is 0.294 e. The van der Waals surface area contributed by atoms with Gasteiger partial charge in [-0.15, -0.1) is 0 Å². The molecule has 49 heavy (non-hydrogen) atoms. The minimum Gasteiger partial charge on any atom is -0.507 e. The van der Waals surface area contributed by atoms with Crippen LogP contribution in [0, 0.1) is 23.3 Å². The van der Waals surface area contributed by atoms with Crippen LogP contribution in [0.2, 0.25) is 0 Å². The van der Waals surface area contributed by atoms with Crippen LogP contribution in [-0.4, -0.2) is 62.2 Å². The molecule has 1 fully saturated rings. The number of ketones is 1. The van der Waals surface area contributed by atoms with Crippen LogP contribution in [0.3, 0.4) is 0 Å². The quantitative estimate of drug-likeness (QED) is 0.0775. The predicted octanol–water partition coefficient (Wildman–Crippen LogP) is 5.05. The molecule has 1 amide bonds. The second-order valence-corrected chi connectivity index (χ2v) is 11.5. The number of rotatable bonds is 9. The number of aliphatic hydroxyl groups is 1. The normalized spacial score (nSPS) is 13.5. The molecule has 0 atom stereocenters. The third kappa shape index (κ3) is 7.45. The number of pyridine rings is 1. The summed E-state index contributed by atoms with van der Waals surface area (Å²) in [5, 5.41) is 15.2. The number of carbonyl (C=O) groups excluding carboxylic acids is 2. The maximum absolute atomic E-state index is 14.5. The molecular formula is C36H29F4N5O4. The predicted molar refractivity (Wildman–Crippen MR) is 173 cm³/mol. The Hall–Kier alpha value is -5.98. The molecule has 0 radical (unpaired) electrons. The molecule has 3 aromatic carbocycles. The van der Waals surface area contributed by atoms with E-state index >= 15 is 0 Å². The van der Waals surface area contributed by atoms with Gasteiger partial charge >= 0.3 is 0 Å². The largest absolute Gasteiger partial charge is 0.507 e. The molecule has 6 rings (SSSR count). The van der Waals surface area contributed by atoms with Gasteiger partial charge in [0.2, 0.25) is 5.78 Å². The zero-order chi connectivity index (χ0) is 34.7. The summed E-state index contributed by atoms with van der Waals surface area (Å²) < 4.78 is 59.1. The molecule has 1 saturated heterocycles. The summed E-state index contributed by atoms with van der Waals surface area (Å²) in [5.41, 5.74) is 0.749. The second-order valence-electron chi connectivity index (χ2n) is 11.5. The number of carbonyl (C=O) groups is 2. The van der Waals surface area contributed by atoms with E-state index in [1.807, 2.05) is 36.5 Å². The highest BCUT2D eigenvalue weighted by Gasteiger charge is 2.26. The lowest BCUT2D eigenvalue weighted by atomic mass is 10.0. The number of nitrogens with zero attached hydrogens (tertiary/aromatic N) is 5. The van der Waals surface area contributed by atoms with Gasteiger partial charge in [-0.2, -0.15) is 5.10 Å². The Morgan fingerprint density at radius 1 is 0.837 bits per heavy atom. The molecule has 13 heteroatoms. The van der Waals surface area contributed by atoms with Crippen LogP contribution in [0.25, 0.3) is 11.4 Å². The Labute approximate surface area is 277 Å². The number of benzene rings is 3. The highest BCUT2D eigenvalue weighted by molar-refractivity contribution is 6.41. The Bertz CT molecular complexity index is 2110. The molecule has 1 N–H and O–H groups in total. The van der Waals surface area contributed by atoms with Gasteiger partial charge in [-0.05, 0) is 71.3 Å². The molecule has 1 aliphatic heterocycles. The zero-order valence-corrected chi connectivity index (χ0v) is 25.9. The van der Waals surface area contributed by atoms with Gasteiger partial charge in [-0.1, -0.05) is 12.1 Å². The molecule has 250 valence electrons. The molecule has 0 unspecified atom stereocenters. The van der Waals surface area contributed by atoms with Crippen LogP contribution in [0.1, 0.15) is 22.3 Å². The first-order valence-corrected chi connectivity index (χ1v) is 15.3. The molecule has 5 aromatic rings. The maximum Gasteiger partial charge on any atom is 0.294 e. The van der Waals surface area contributed by atoms with Gasteiger partial charge in [0, 0.05) is 69.0 Å². The standard InChI is InChI=1S/C36H29F4N5O4/c37-26-4-1-3-23(16-26)21-44-22-24(15-25-18-27(38)19-31(39)34(25)40)17-30(35(44)48)32(46)20-33(47)36(49)43-13-11-42(12-14-43)28-5-7-29(8-6-28)45-10-2-9-41-45/h1-10,16-20,22,46H,11-15,21H2. The first kappa shape index (κ1) is 32.9. The van der Waals surface area contributed by atoms with Gasteiger partial charge in [0.1, 0.15) is 17.4 Å². The zero-order valence-electron chi connectivity index (χ0n) is 25.9. The van der Waals surface area contributed by atoms with Crippen molar-refractivity contribution >= 4 is 23.1 Å². The number of hydrogen-bond donors (Lipinski definition) is 1. The summed E-state index contributed by atoms with van der Waals surface area (Å²) in [6.07, 6.45) is 5.04. The van der Waals surface area contributed by atoms with Crippen molar-refractivity contribution in [1.82, 2.24) is 19.2 Å². The monoisotopic (exact) mass is 671 g/mol. The highest BCUT2D eigenvalue weighted by Crippen LogP contribution is 2.21. The molecule has 0 saturated carbocycles. The van der Waals surface area contributed by atoms with E-state index in [9.17, 15) is 37.1 Å². The van der Waals surface area contributed by atoms with Crippen molar-refractivity contribution in [2.75, 3.05) is 31.1 Å². The summed E-state index contributed by atoms with van der Waals surface area (Å²) in [7, 11) is 0. The molecule has 1 aliphatic rings. The number of halogens is 4. The van der Waals surface area contributed by atoms with Gasteiger partial charge in [0.05, 0.1) is 17.8 Å². The van der Waals surface area contributed by atoms with E-state index in [0.29, 0.717) is 30.8 Å². The van der Waals surface area contributed by atoms with E-state index in [4.69, 9.17) is 0 Å². The van der Waals surface area contributed by atoms with E-state index < -0.39 is 58.3 Å². The lowest BCUT2D eigenvalue weighted by molar-refractivity contribution is -0.142. The molecule has 2 aromatic heterocycles. The van der Waals surface area contributed by atoms with E-state index in [1.54, 1.807) is 16.9 Å². The van der Waals surface area contributed by atoms with Crippen LogP contribution in [0.4, 0.5) is 23.2 Å². The lowest BCUT2D eigenvalue weighted by Crippen LogP contribution is -2.50. The first-order valence-electron chi connectivity index (χ1n) is 15.3. The number of aromatic nitrogens is 3. The van der Waals surface area contributed by atoms with Crippen molar-refractivity contribution in [3.05, 3.63) is 153 Å². The summed E-state index contributed by atoms with van der Waals surface area (Å²) >= 11 is 0. The number of aliphatic hydroxyl groups excluding tert-OH is 1. The molecule has 3 heterocycles. The second kappa shape index (κ2) is 14.0. The molecule has 0 spiro atoms. The Morgan fingerprint density at radius 2 is 1.57 bits per heavy atom. The number of piperazine rings is 1. The summed E-state index contributed by atoms with van der Waals surface area (Å²) in [6, 6.07) is 17.3. The highest BCUT2D eigenvalue weighted by atomic mass is 19.2. The van der Waals surface area contributed by atoms with Crippen LogP contribution in [0.5, 0.6) is 0 Å². The van der Waals surface area contributed by atoms with Crippen molar-refractivity contribution in [2.45, 2.75) is 13.0 Å². The van der Waals surface area contributed by atoms with Gasteiger partial charge in [0.25, 0.3) is 11.5 Å². The van der Waals surface area contributed by atoms with Gasteiger partial charge in [-0.25, -0.2) is 22.2 Å². The Kier molecular flexibility index (Phi) is 9.42. The third-order valence-electron chi connectivity index (χ3n) is 8.15. The van der Waals surface area contributed by atoms with Gasteiger partial charge in [-0.3, -0.25) is 14.4 Å². The molecule has 9 nitrogen and oxygen atoms in total. The average molecular weight is 672 g/mol. The van der Waals surface area contributed by atoms with Crippen LogP contribution in [0.15, 0.2) is 102 Å². The van der Waals surface area contributed by atoms with E-state index in [0.717, 1.165) is 28.1 Å². The third-order valence-corrected chi connectivity index (χ3v) is 8.15. The molecule has 0 aliphatic carbocycles. The van der Waals surface area contributed by atoms with Crippen LogP contribution >= 0.6 is 0 Å². The Balaban J connectivity index is 1.20. The van der Waals surface area contributed by atoms with E-state index in [1.165, 1.54) is 29.3 Å². The fourth-order valence-corrected chi connectivity index (χ4v) is 5.71. The number of amides is 1. The van der Waals surface area contributed by atoms with Crippen molar-refractivity contribution in [2.24, 2.45) is 0 Å². The molecular weight excluding hydrogens is 642 g/mol. The maximum atomic E-state index is 14.5. The number of anilines is 1. The van der Waals surface area contributed by atoms with Crippen molar-refractivity contribution < 1.29 is 32.3 Å². The van der Waals surface area contributed by atoms with Crippen LogP contribution in [-0.2, 0) is 22.6 Å². The SMILES string of the molecule is O=C(C=C(O)c1cc(Cc2cc(F)cc(F)c2F)cn(Cc2cccc(F)c2)c1=O)C(=O)N1CCN(c2ccc(-n3cccn3)cc2)CC1. The van der Waals surface area contributed by atoms with Crippen molar-refractivity contribution in [1.29, 1.82) is 0 Å². The summed E-state index contributed by atoms with van der Waals surface area (Å²) in [5.74, 6) is -7.06. The number of hydrogen-bond acceptors (Lipinski definition) is 6. The minimum absolute atomic E-state index is 0.141. The van der Waals surface area contributed by atoms with E-state index in [2.05, 4.69) is 10.00 Å². The van der Waals surface area contributed by atoms with Crippen molar-refractivity contribution in [3.63, 3.8) is 0 Å². The summed E-state index contributed by atoms with van der Waals surface area (Å²) in [4.78, 5) is 43.0. The van der Waals surface area contributed by atoms with Gasteiger partial charge < -0.3 is 19.5 Å². The first-order chi connectivity index (χ1) is 23.5. The minimum atomic E-state index is -1.40. The lowest BCUT2D eigenvalue weighted by Gasteiger charge is -2.35. The topological polar surface area (TPSA) is 101 Å².